The van der Waals surface area contributed by atoms with E-state index in [-0.39, 0.29) is 17.7 Å². The van der Waals surface area contributed by atoms with Gasteiger partial charge in [0.25, 0.3) is 0 Å². The van der Waals surface area contributed by atoms with Crippen LogP contribution in [0.3, 0.4) is 0 Å². The van der Waals surface area contributed by atoms with Gasteiger partial charge in [-0.05, 0) is 12.5 Å². The van der Waals surface area contributed by atoms with E-state index < -0.39 is 0 Å². The van der Waals surface area contributed by atoms with Crippen molar-refractivity contribution < 1.29 is 9.59 Å². The zero-order valence-electron chi connectivity index (χ0n) is 11.1. The highest BCUT2D eigenvalue weighted by molar-refractivity contribution is 6.32. The third-order valence-electron chi connectivity index (χ3n) is 3.41. The predicted octanol–water partition coefficient (Wildman–Crippen LogP) is -0.0350. The lowest BCUT2D eigenvalue weighted by molar-refractivity contribution is -0.128. The second-order valence-corrected chi connectivity index (χ2v) is 4.79. The molecule has 1 fully saturated rings. The molecule has 0 saturated carbocycles. The molecule has 2 amide bonds. The molecular formula is C14H17BN2O2. The van der Waals surface area contributed by atoms with Crippen LogP contribution in [0.25, 0.3) is 0 Å². The van der Waals surface area contributed by atoms with Crippen LogP contribution in [-0.2, 0) is 16.1 Å². The fraction of sp³-hybridized carbons (Fsp3) is 0.429. The predicted molar refractivity (Wildman–Crippen MR) is 74.0 cm³/mol. The van der Waals surface area contributed by atoms with Gasteiger partial charge >= 0.3 is 0 Å². The zero-order chi connectivity index (χ0) is 13.8. The SMILES string of the molecule is [B]c1ccc(CNC(=O)C2CC(=O)N(CC)C2)cc1. The zero-order valence-corrected chi connectivity index (χ0v) is 11.1. The van der Waals surface area contributed by atoms with Crippen LogP contribution in [0, 0.1) is 5.92 Å². The Balaban J connectivity index is 1.85. The van der Waals surface area contributed by atoms with Crippen LogP contribution in [0.15, 0.2) is 24.3 Å². The highest BCUT2D eigenvalue weighted by Gasteiger charge is 2.32. The first-order valence-corrected chi connectivity index (χ1v) is 6.50. The van der Waals surface area contributed by atoms with Gasteiger partial charge in [-0.15, -0.1) is 0 Å². The summed E-state index contributed by atoms with van der Waals surface area (Å²) in [6, 6.07) is 7.38. The van der Waals surface area contributed by atoms with E-state index in [4.69, 9.17) is 7.85 Å². The van der Waals surface area contributed by atoms with E-state index in [0.29, 0.717) is 31.5 Å². The van der Waals surface area contributed by atoms with E-state index in [9.17, 15) is 9.59 Å². The third-order valence-corrected chi connectivity index (χ3v) is 3.41. The van der Waals surface area contributed by atoms with E-state index in [1.165, 1.54) is 0 Å². The average Bonchev–Trinajstić information content (AvgIpc) is 2.79. The summed E-state index contributed by atoms with van der Waals surface area (Å²) in [5.74, 6) is -0.211. The maximum atomic E-state index is 12.0. The molecule has 1 aliphatic rings. The van der Waals surface area contributed by atoms with Crippen molar-refractivity contribution in [1.82, 2.24) is 10.2 Å². The number of nitrogens with zero attached hydrogens (tertiary/aromatic N) is 1. The molecule has 0 aromatic heterocycles. The Labute approximate surface area is 114 Å². The summed E-state index contributed by atoms with van der Waals surface area (Å²) in [7, 11) is 5.60. The molecule has 1 saturated heterocycles. The molecule has 1 aromatic carbocycles. The molecule has 2 rings (SSSR count). The Hall–Kier alpha value is -1.78. The lowest BCUT2D eigenvalue weighted by atomic mass is 9.95. The first kappa shape index (κ1) is 13.7. The lowest BCUT2D eigenvalue weighted by Crippen LogP contribution is -2.32. The molecule has 5 heteroatoms. The number of nitrogens with one attached hydrogen (secondary N) is 1. The molecule has 1 aromatic rings. The van der Waals surface area contributed by atoms with Crippen LogP contribution in [-0.4, -0.2) is 37.7 Å². The number of carbonyl (C=O) groups is 2. The second-order valence-electron chi connectivity index (χ2n) is 4.79. The van der Waals surface area contributed by atoms with Gasteiger partial charge in [-0.1, -0.05) is 29.7 Å². The molecule has 1 atom stereocenters. The Bertz CT molecular complexity index is 473. The average molecular weight is 256 g/mol. The highest BCUT2D eigenvalue weighted by atomic mass is 16.2. The molecule has 0 spiro atoms. The van der Waals surface area contributed by atoms with Crippen LogP contribution in [0.4, 0.5) is 0 Å². The number of hydrogen-bond acceptors (Lipinski definition) is 2. The maximum absolute atomic E-state index is 12.0. The largest absolute Gasteiger partial charge is 0.352 e. The minimum atomic E-state index is -0.221. The van der Waals surface area contributed by atoms with Crippen molar-refractivity contribution in [2.75, 3.05) is 13.1 Å². The molecule has 19 heavy (non-hydrogen) atoms. The molecular weight excluding hydrogens is 239 g/mol. The lowest BCUT2D eigenvalue weighted by Gasteiger charge is -2.13. The maximum Gasteiger partial charge on any atom is 0.225 e. The van der Waals surface area contributed by atoms with Gasteiger partial charge in [-0.25, -0.2) is 0 Å². The summed E-state index contributed by atoms with van der Waals surface area (Å²) < 4.78 is 0. The van der Waals surface area contributed by atoms with Gasteiger partial charge < -0.3 is 10.2 Å². The fourth-order valence-corrected chi connectivity index (χ4v) is 2.22. The van der Waals surface area contributed by atoms with Crippen LogP contribution in [0.1, 0.15) is 18.9 Å². The summed E-state index contributed by atoms with van der Waals surface area (Å²) >= 11 is 0. The van der Waals surface area contributed by atoms with E-state index in [2.05, 4.69) is 5.32 Å². The molecule has 2 radical (unpaired) electrons. The number of amides is 2. The standard InChI is InChI=1S/C14H17BN2O2/c1-2-17-9-11(7-13(17)18)14(19)16-8-10-3-5-12(15)6-4-10/h3-6,11H,2,7-9H2,1H3,(H,16,19). The van der Waals surface area contributed by atoms with Gasteiger partial charge in [0.2, 0.25) is 11.8 Å². The first-order chi connectivity index (χ1) is 9.10. The van der Waals surface area contributed by atoms with Crippen molar-refractivity contribution in [2.45, 2.75) is 19.9 Å². The Morgan fingerprint density at radius 3 is 2.68 bits per heavy atom. The summed E-state index contributed by atoms with van der Waals surface area (Å²) in [6.07, 6.45) is 0.321. The smallest absolute Gasteiger partial charge is 0.225 e. The van der Waals surface area contributed by atoms with E-state index in [1.54, 1.807) is 17.0 Å². The van der Waals surface area contributed by atoms with Crippen LogP contribution in [0.5, 0.6) is 0 Å². The Morgan fingerprint density at radius 2 is 2.11 bits per heavy atom. The normalized spacial score (nSPS) is 18.7. The molecule has 1 N–H and O–H groups in total. The number of hydrogen-bond donors (Lipinski definition) is 1. The van der Waals surface area contributed by atoms with Crippen molar-refractivity contribution in [3.63, 3.8) is 0 Å². The van der Waals surface area contributed by atoms with Gasteiger partial charge in [0, 0.05) is 26.1 Å². The number of rotatable bonds is 4. The molecule has 98 valence electrons. The number of benzene rings is 1. The van der Waals surface area contributed by atoms with Crippen molar-refractivity contribution >= 4 is 25.1 Å². The Kier molecular flexibility index (Phi) is 4.25. The van der Waals surface area contributed by atoms with Gasteiger partial charge in [0.05, 0.1) is 5.92 Å². The second kappa shape index (κ2) is 5.91. The van der Waals surface area contributed by atoms with Gasteiger partial charge in [0.15, 0.2) is 0 Å². The minimum absolute atomic E-state index is 0.0545. The van der Waals surface area contributed by atoms with Crippen molar-refractivity contribution in [3.8, 4) is 0 Å². The van der Waals surface area contributed by atoms with E-state index >= 15 is 0 Å². The van der Waals surface area contributed by atoms with Crippen molar-refractivity contribution in [2.24, 2.45) is 5.92 Å². The number of carbonyl (C=O) groups excluding carboxylic acids is 2. The summed E-state index contributed by atoms with van der Waals surface area (Å²) in [6.45, 7) is 3.59. The quantitative estimate of drug-likeness (QED) is 0.769. The molecule has 1 aliphatic heterocycles. The van der Waals surface area contributed by atoms with Gasteiger partial charge in [-0.3, -0.25) is 9.59 Å². The molecule has 1 unspecified atom stereocenters. The van der Waals surface area contributed by atoms with Crippen molar-refractivity contribution in [3.05, 3.63) is 29.8 Å². The fourth-order valence-electron chi connectivity index (χ4n) is 2.22. The monoisotopic (exact) mass is 256 g/mol. The first-order valence-electron chi connectivity index (χ1n) is 6.50. The third kappa shape index (κ3) is 3.37. The molecule has 0 aliphatic carbocycles. The molecule has 0 bridgehead atoms. The minimum Gasteiger partial charge on any atom is -0.352 e. The van der Waals surface area contributed by atoms with Crippen LogP contribution >= 0.6 is 0 Å². The van der Waals surface area contributed by atoms with Crippen LogP contribution in [0.2, 0.25) is 0 Å². The molecule has 1 heterocycles. The topological polar surface area (TPSA) is 49.4 Å². The molecule has 4 nitrogen and oxygen atoms in total. The highest BCUT2D eigenvalue weighted by Crippen LogP contribution is 2.17. The van der Waals surface area contributed by atoms with E-state index in [1.807, 2.05) is 19.1 Å². The summed E-state index contributed by atoms with van der Waals surface area (Å²) in [4.78, 5) is 25.3. The van der Waals surface area contributed by atoms with Gasteiger partial charge in [-0.2, -0.15) is 0 Å². The number of likely N-dealkylation sites (tertiary alicyclic amines) is 1. The van der Waals surface area contributed by atoms with Crippen LogP contribution < -0.4 is 10.8 Å². The van der Waals surface area contributed by atoms with Gasteiger partial charge in [0.1, 0.15) is 7.85 Å². The van der Waals surface area contributed by atoms with Crippen molar-refractivity contribution in [1.29, 1.82) is 0 Å². The van der Waals surface area contributed by atoms with E-state index in [0.717, 1.165) is 5.56 Å². The summed E-state index contributed by atoms with van der Waals surface area (Å²) in [5.41, 5.74) is 1.70. The summed E-state index contributed by atoms with van der Waals surface area (Å²) in [5, 5.41) is 2.87. The Morgan fingerprint density at radius 1 is 1.42 bits per heavy atom.